The van der Waals surface area contributed by atoms with Gasteiger partial charge in [-0.05, 0) is 43.6 Å². The lowest BCUT2D eigenvalue weighted by atomic mass is 10.0. The zero-order valence-corrected chi connectivity index (χ0v) is 18.3. The Bertz CT molecular complexity index is 1230. The highest BCUT2D eigenvalue weighted by Crippen LogP contribution is 2.28. The Morgan fingerprint density at radius 3 is 2.61 bits per heavy atom. The third-order valence-corrected chi connectivity index (χ3v) is 7.39. The number of piperidine rings is 1. The van der Waals surface area contributed by atoms with Gasteiger partial charge in [-0.3, -0.25) is 9.69 Å². The molecule has 3 heterocycles. The van der Waals surface area contributed by atoms with Gasteiger partial charge in [-0.25, -0.2) is 17.3 Å². The number of amides is 1. The number of nitrogens with one attached hydrogen (secondary N) is 1. The summed E-state index contributed by atoms with van der Waals surface area (Å²) < 4.78 is 40.0. The Labute approximate surface area is 180 Å². The summed E-state index contributed by atoms with van der Waals surface area (Å²) >= 11 is 0. The number of hydrogen-bond donors (Lipinski definition) is 1. The maximum absolute atomic E-state index is 14.9. The molecule has 0 spiro atoms. The molecule has 0 aliphatic carbocycles. The van der Waals surface area contributed by atoms with E-state index < -0.39 is 9.84 Å². The molecule has 1 aromatic carbocycles. The Morgan fingerprint density at radius 2 is 1.97 bits per heavy atom. The van der Waals surface area contributed by atoms with Gasteiger partial charge in [-0.15, -0.1) is 0 Å². The van der Waals surface area contributed by atoms with Gasteiger partial charge in [0, 0.05) is 43.1 Å². The van der Waals surface area contributed by atoms with E-state index in [1.165, 1.54) is 19.2 Å². The van der Waals surface area contributed by atoms with Crippen LogP contribution in [0.25, 0.3) is 16.6 Å². The summed E-state index contributed by atoms with van der Waals surface area (Å²) in [7, 11) is -3.02. The van der Waals surface area contributed by atoms with Crippen LogP contribution in [0.4, 0.5) is 10.2 Å². The Balaban J connectivity index is 1.53. The third kappa shape index (κ3) is 4.77. The number of hydrogen-bond acceptors (Lipinski definition) is 5. The van der Waals surface area contributed by atoms with Crippen LogP contribution in [0.15, 0.2) is 42.6 Å². The molecule has 1 aliphatic rings. The first-order valence-corrected chi connectivity index (χ1v) is 12.1. The SMILES string of the molecule is CC(=O)Nc1cc2c(-c3ccc(CN4CCC(S(C)(=O)=O)CC4)c(F)c3)cccn2n1. The number of benzene rings is 1. The third-order valence-electron chi connectivity index (χ3n) is 5.70. The van der Waals surface area contributed by atoms with E-state index in [9.17, 15) is 17.6 Å². The van der Waals surface area contributed by atoms with Crippen LogP contribution in [0.2, 0.25) is 0 Å². The number of carbonyl (C=O) groups is 1. The van der Waals surface area contributed by atoms with Crippen LogP contribution in [0.3, 0.4) is 0 Å². The van der Waals surface area contributed by atoms with Crippen LogP contribution >= 0.6 is 0 Å². The summed E-state index contributed by atoms with van der Waals surface area (Å²) in [5.41, 5.74) is 2.88. The molecule has 0 atom stereocenters. The molecule has 1 aliphatic heterocycles. The van der Waals surface area contributed by atoms with E-state index >= 15 is 0 Å². The molecule has 7 nitrogen and oxygen atoms in total. The van der Waals surface area contributed by atoms with Crippen molar-refractivity contribution in [3.8, 4) is 11.1 Å². The first-order valence-electron chi connectivity index (χ1n) is 10.2. The number of likely N-dealkylation sites (tertiary alicyclic amines) is 1. The van der Waals surface area contributed by atoms with E-state index in [4.69, 9.17) is 0 Å². The molecule has 1 amide bonds. The van der Waals surface area contributed by atoms with Crippen molar-refractivity contribution >= 4 is 27.1 Å². The zero-order valence-electron chi connectivity index (χ0n) is 17.5. The molecule has 9 heteroatoms. The maximum Gasteiger partial charge on any atom is 0.222 e. The molecule has 4 rings (SSSR count). The quantitative estimate of drug-likeness (QED) is 0.654. The zero-order chi connectivity index (χ0) is 22.2. The highest BCUT2D eigenvalue weighted by atomic mass is 32.2. The number of nitrogens with zero attached hydrogens (tertiary/aromatic N) is 3. The minimum absolute atomic E-state index is 0.207. The average molecular weight is 445 g/mol. The Kier molecular flexibility index (Phi) is 5.81. The van der Waals surface area contributed by atoms with Crippen molar-refractivity contribution in [3.05, 3.63) is 54.0 Å². The maximum atomic E-state index is 14.9. The lowest BCUT2D eigenvalue weighted by Gasteiger charge is -2.31. The molecule has 1 fully saturated rings. The van der Waals surface area contributed by atoms with Gasteiger partial charge >= 0.3 is 0 Å². The summed E-state index contributed by atoms with van der Waals surface area (Å²) in [6.07, 6.45) is 4.22. The summed E-state index contributed by atoms with van der Waals surface area (Å²) in [6, 6.07) is 10.6. The van der Waals surface area contributed by atoms with Crippen LogP contribution in [0.5, 0.6) is 0 Å². The molecule has 0 saturated carbocycles. The van der Waals surface area contributed by atoms with Gasteiger partial charge in [0.25, 0.3) is 0 Å². The lowest BCUT2D eigenvalue weighted by Crippen LogP contribution is -2.38. The molecule has 164 valence electrons. The standard InChI is InChI=1S/C22H25FN4O3S/c1-15(28)24-22-13-21-19(4-3-9-27(21)25-22)16-5-6-17(20(23)12-16)14-26-10-7-18(8-11-26)31(2,29)30/h3-6,9,12-13,18H,7-8,10-11,14H2,1-2H3,(H,24,25,28). The number of sulfone groups is 1. The molecule has 0 radical (unpaired) electrons. The van der Waals surface area contributed by atoms with E-state index in [0.717, 1.165) is 16.6 Å². The Morgan fingerprint density at radius 1 is 1.23 bits per heavy atom. The average Bonchev–Trinajstić information content (AvgIpc) is 3.11. The molecule has 31 heavy (non-hydrogen) atoms. The largest absolute Gasteiger partial charge is 0.309 e. The molecular weight excluding hydrogens is 419 g/mol. The predicted octanol–water partition coefficient (Wildman–Crippen LogP) is 3.11. The van der Waals surface area contributed by atoms with Gasteiger partial charge in [-0.1, -0.05) is 18.2 Å². The Hall–Kier alpha value is -2.78. The van der Waals surface area contributed by atoms with Crippen molar-refractivity contribution in [2.24, 2.45) is 0 Å². The molecule has 1 saturated heterocycles. The number of rotatable bonds is 5. The van der Waals surface area contributed by atoms with Crippen molar-refractivity contribution in [1.82, 2.24) is 14.5 Å². The van der Waals surface area contributed by atoms with E-state index in [0.29, 0.717) is 43.9 Å². The van der Waals surface area contributed by atoms with Gasteiger partial charge in [0.1, 0.15) is 15.7 Å². The van der Waals surface area contributed by atoms with Crippen molar-refractivity contribution in [2.75, 3.05) is 24.7 Å². The summed E-state index contributed by atoms with van der Waals surface area (Å²) in [5, 5.41) is 6.69. The van der Waals surface area contributed by atoms with Gasteiger partial charge < -0.3 is 5.32 Å². The van der Waals surface area contributed by atoms with Gasteiger partial charge in [0.2, 0.25) is 5.91 Å². The fraction of sp³-hybridized carbons (Fsp3) is 0.364. The normalized spacial score (nSPS) is 16.0. The number of halogens is 1. The van der Waals surface area contributed by atoms with Crippen LogP contribution in [0.1, 0.15) is 25.3 Å². The molecule has 0 unspecified atom stereocenters. The van der Waals surface area contributed by atoms with Crippen molar-refractivity contribution in [2.45, 2.75) is 31.6 Å². The number of pyridine rings is 1. The molecular formula is C22H25FN4O3S. The van der Waals surface area contributed by atoms with Crippen molar-refractivity contribution in [3.63, 3.8) is 0 Å². The molecule has 3 aromatic rings. The van der Waals surface area contributed by atoms with Crippen molar-refractivity contribution < 1.29 is 17.6 Å². The van der Waals surface area contributed by atoms with E-state index in [1.807, 2.05) is 18.2 Å². The molecule has 0 bridgehead atoms. The minimum atomic E-state index is -3.02. The highest BCUT2D eigenvalue weighted by molar-refractivity contribution is 7.91. The summed E-state index contributed by atoms with van der Waals surface area (Å²) in [4.78, 5) is 13.4. The van der Waals surface area contributed by atoms with E-state index in [2.05, 4.69) is 15.3 Å². The van der Waals surface area contributed by atoms with E-state index in [-0.39, 0.29) is 17.0 Å². The predicted molar refractivity (Wildman–Crippen MR) is 118 cm³/mol. The topological polar surface area (TPSA) is 83.8 Å². The fourth-order valence-corrected chi connectivity index (χ4v) is 5.15. The first-order chi connectivity index (χ1) is 14.7. The number of aromatic nitrogens is 2. The molecule has 1 N–H and O–H groups in total. The lowest BCUT2D eigenvalue weighted by molar-refractivity contribution is -0.114. The second-order valence-electron chi connectivity index (χ2n) is 8.07. The number of anilines is 1. The minimum Gasteiger partial charge on any atom is -0.309 e. The van der Waals surface area contributed by atoms with Crippen LogP contribution in [0, 0.1) is 5.82 Å². The summed E-state index contributed by atoms with van der Waals surface area (Å²) in [6.45, 7) is 3.15. The van der Waals surface area contributed by atoms with Gasteiger partial charge in [0.05, 0.1) is 10.8 Å². The van der Waals surface area contributed by atoms with Crippen LogP contribution in [-0.2, 0) is 21.2 Å². The van der Waals surface area contributed by atoms with Crippen LogP contribution < -0.4 is 5.32 Å². The van der Waals surface area contributed by atoms with Crippen LogP contribution in [-0.4, -0.2) is 53.4 Å². The fourth-order valence-electron chi connectivity index (χ4n) is 4.08. The monoisotopic (exact) mass is 444 g/mol. The van der Waals surface area contributed by atoms with Crippen molar-refractivity contribution in [1.29, 1.82) is 0 Å². The number of carbonyl (C=O) groups excluding carboxylic acids is 1. The van der Waals surface area contributed by atoms with E-state index in [1.54, 1.807) is 22.8 Å². The molecule has 2 aromatic heterocycles. The second kappa shape index (κ2) is 8.39. The number of fused-ring (bicyclic) bond motifs is 1. The first kappa shape index (κ1) is 21.5. The second-order valence-corrected chi connectivity index (χ2v) is 10.4. The highest BCUT2D eigenvalue weighted by Gasteiger charge is 2.26. The smallest absolute Gasteiger partial charge is 0.222 e. The van der Waals surface area contributed by atoms with Gasteiger partial charge in [-0.2, -0.15) is 5.10 Å². The summed E-state index contributed by atoms with van der Waals surface area (Å²) in [5.74, 6) is -0.0678. The van der Waals surface area contributed by atoms with Gasteiger partial charge in [0.15, 0.2) is 5.82 Å².